The van der Waals surface area contributed by atoms with E-state index in [1.54, 1.807) is 0 Å². The van der Waals surface area contributed by atoms with Gasteiger partial charge >= 0.3 is 0 Å². The van der Waals surface area contributed by atoms with Crippen LogP contribution in [0.1, 0.15) is 29.3 Å². The molecule has 2 N–H and O–H groups in total. The SMILES string of the molecule is CN(C)CCc1c[nH]c2ccc(C(N3CCCC3)S(=O)O)cc12. The third-order valence-electron chi connectivity index (χ3n) is 4.57. The zero-order valence-electron chi connectivity index (χ0n) is 13.8. The number of nitrogens with one attached hydrogen (secondary N) is 1. The summed E-state index contributed by atoms with van der Waals surface area (Å²) in [5.41, 5.74) is 3.29. The first-order valence-electron chi connectivity index (χ1n) is 8.14. The van der Waals surface area contributed by atoms with Gasteiger partial charge in [0.1, 0.15) is 5.37 Å². The molecule has 1 aliphatic heterocycles. The Labute approximate surface area is 139 Å². The van der Waals surface area contributed by atoms with Gasteiger partial charge in [-0.05, 0) is 69.7 Å². The molecule has 2 aromatic rings. The lowest BCUT2D eigenvalue weighted by Gasteiger charge is -2.24. The molecule has 23 heavy (non-hydrogen) atoms. The average molecular weight is 335 g/mol. The molecule has 0 spiro atoms. The summed E-state index contributed by atoms with van der Waals surface area (Å²) in [6.45, 7) is 2.78. The van der Waals surface area contributed by atoms with E-state index in [2.05, 4.69) is 41.1 Å². The summed E-state index contributed by atoms with van der Waals surface area (Å²) in [4.78, 5) is 7.60. The van der Waals surface area contributed by atoms with E-state index in [0.29, 0.717) is 0 Å². The van der Waals surface area contributed by atoms with Crippen molar-refractivity contribution in [3.05, 3.63) is 35.5 Å². The lowest BCUT2D eigenvalue weighted by molar-refractivity contribution is 0.305. The molecule has 0 radical (unpaired) electrons. The Morgan fingerprint density at radius 2 is 2.09 bits per heavy atom. The number of fused-ring (bicyclic) bond motifs is 1. The Morgan fingerprint density at radius 1 is 1.35 bits per heavy atom. The summed E-state index contributed by atoms with van der Waals surface area (Å²) in [7, 11) is 4.14. The largest absolute Gasteiger partial charge is 0.361 e. The molecule has 1 fully saturated rings. The summed E-state index contributed by atoms with van der Waals surface area (Å²) >= 11 is -1.89. The fourth-order valence-corrected chi connectivity index (χ4v) is 4.18. The van der Waals surface area contributed by atoms with Crippen molar-refractivity contribution in [1.82, 2.24) is 14.8 Å². The van der Waals surface area contributed by atoms with E-state index in [4.69, 9.17) is 0 Å². The molecule has 1 aliphatic rings. The Morgan fingerprint density at radius 3 is 2.74 bits per heavy atom. The summed E-state index contributed by atoms with van der Waals surface area (Å²) in [6.07, 6.45) is 5.23. The van der Waals surface area contributed by atoms with Gasteiger partial charge in [0.2, 0.25) is 0 Å². The van der Waals surface area contributed by atoms with Crippen molar-refractivity contribution in [3.63, 3.8) is 0 Å². The van der Waals surface area contributed by atoms with Crippen LogP contribution in [0.5, 0.6) is 0 Å². The van der Waals surface area contributed by atoms with Crippen LogP contribution in [0.3, 0.4) is 0 Å². The first-order valence-corrected chi connectivity index (χ1v) is 9.31. The second kappa shape index (κ2) is 7.13. The maximum absolute atomic E-state index is 11.9. The van der Waals surface area contributed by atoms with E-state index in [-0.39, 0.29) is 0 Å². The van der Waals surface area contributed by atoms with Crippen LogP contribution in [0.25, 0.3) is 10.9 Å². The Bertz CT molecular complexity index is 692. The van der Waals surface area contributed by atoms with E-state index in [1.165, 1.54) is 10.9 Å². The Balaban J connectivity index is 1.93. The van der Waals surface area contributed by atoms with Gasteiger partial charge in [-0.3, -0.25) is 4.90 Å². The zero-order valence-corrected chi connectivity index (χ0v) is 14.6. The summed E-state index contributed by atoms with van der Waals surface area (Å²) < 4.78 is 21.7. The fraction of sp³-hybridized carbons (Fsp3) is 0.529. The standard InChI is InChI=1S/C17H25N3O2S/c1-19(2)10-7-14-12-18-16-6-5-13(11-15(14)16)17(23(21)22)20-8-3-4-9-20/h5-6,11-12,17-18H,3-4,7-10H2,1-2H3,(H,21,22). The lowest BCUT2D eigenvalue weighted by Crippen LogP contribution is -2.28. The highest BCUT2D eigenvalue weighted by Gasteiger charge is 2.28. The van der Waals surface area contributed by atoms with E-state index < -0.39 is 16.5 Å². The molecule has 2 heterocycles. The lowest BCUT2D eigenvalue weighted by atomic mass is 10.1. The van der Waals surface area contributed by atoms with Crippen molar-refractivity contribution < 1.29 is 8.76 Å². The smallest absolute Gasteiger partial charge is 0.175 e. The molecule has 3 rings (SSSR count). The molecular formula is C17H25N3O2S. The minimum Gasteiger partial charge on any atom is -0.361 e. The first kappa shape index (κ1) is 16.6. The van der Waals surface area contributed by atoms with Crippen LogP contribution in [0.4, 0.5) is 0 Å². The highest BCUT2D eigenvalue weighted by molar-refractivity contribution is 7.79. The number of aromatic amines is 1. The topological polar surface area (TPSA) is 59.6 Å². The maximum atomic E-state index is 11.9. The number of likely N-dealkylation sites (N-methyl/N-ethyl adjacent to an activating group) is 1. The van der Waals surface area contributed by atoms with E-state index in [0.717, 1.165) is 50.0 Å². The minimum atomic E-state index is -1.89. The molecule has 0 amide bonds. The van der Waals surface area contributed by atoms with Gasteiger partial charge in [0, 0.05) is 23.6 Å². The number of hydrogen-bond acceptors (Lipinski definition) is 3. The highest BCUT2D eigenvalue weighted by Crippen LogP contribution is 2.30. The predicted octanol–water partition coefficient (Wildman–Crippen LogP) is 2.59. The molecule has 0 bridgehead atoms. The number of H-pyrrole nitrogens is 1. The number of benzene rings is 1. The van der Waals surface area contributed by atoms with Crippen LogP contribution in [-0.2, 0) is 17.5 Å². The van der Waals surface area contributed by atoms with Gasteiger partial charge in [0.05, 0.1) is 0 Å². The van der Waals surface area contributed by atoms with Crippen LogP contribution >= 0.6 is 0 Å². The monoisotopic (exact) mass is 335 g/mol. The van der Waals surface area contributed by atoms with Crippen molar-refractivity contribution in [2.45, 2.75) is 24.6 Å². The minimum absolute atomic E-state index is 0.418. The maximum Gasteiger partial charge on any atom is 0.175 e. The van der Waals surface area contributed by atoms with Crippen molar-refractivity contribution in [2.75, 3.05) is 33.7 Å². The molecule has 5 nitrogen and oxygen atoms in total. The molecule has 2 atom stereocenters. The summed E-state index contributed by atoms with van der Waals surface area (Å²) in [5, 5.41) is 0.748. The van der Waals surface area contributed by atoms with Crippen molar-refractivity contribution >= 4 is 22.0 Å². The van der Waals surface area contributed by atoms with Gasteiger partial charge < -0.3 is 14.4 Å². The van der Waals surface area contributed by atoms with Gasteiger partial charge in [-0.2, -0.15) is 0 Å². The molecule has 0 saturated carbocycles. The molecule has 126 valence electrons. The second-order valence-electron chi connectivity index (χ2n) is 6.54. The number of nitrogens with zero attached hydrogens (tertiary/aromatic N) is 2. The van der Waals surface area contributed by atoms with Crippen molar-refractivity contribution in [3.8, 4) is 0 Å². The van der Waals surface area contributed by atoms with Crippen LogP contribution < -0.4 is 0 Å². The zero-order chi connectivity index (χ0) is 16.4. The predicted molar refractivity (Wildman–Crippen MR) is 94.9 cm³/mol. The Hall–Kier alpha value is -1.21. The van der Waals surface area contributed by atoms with E-state index in [1.807, 2.05) is 12.1 Å². The van der Waals surface area contributed by atoms with Gasteiger partial charge in [0.15, 0.2) is 11.1 Å². The van der Waals surface area contributed by atoms with Crippen molar-refractivity contribution in [1.29, 1.82) is 0 Å². The second-order valence-corrected chi connectivity index (χ2v) is 7.54. The number of aromatic nitrogens is 1. The molecule has 1 aromatic heterocycles. The first-order chi connectivity index (χ1) is 11.1. The molecular weight excluding hydrogens is 310 g/mol. The van der Waals surface area contributed by atoms with Crippen LogP contribution in [0.15, 0.2) is 24.4 Å². The number of likely N-dealkylation sites (tertiary alicyclic amines) is 1. The van der Waals surface area contributed by atoms with Gasteiger partial charge in [-0.1, -0.05) is 6.07 Å². The van der Waals surface area contributed by atoms with Crippen molar-refractivity contribution in [2.24, 2.45) is 0 Å². The van der Waals surface area contributed by atoms with E-state index >= 15 is 0 Å². The molecule has 1 aromatic carbocycles. The van der Waals surface area contributed by atoms with Crippen LogP contribution in [0.2, 0.25) is 0 Å². The third kappa shape index (κ3) is 3.66. The Kier molecular flexibility index (Phi) is 5.16. The number of rotatable bonds is 6. The highest BCUT2D eigenvalue weighted by atomic mass is 32.2. The molecule has 1 saturated heterocycles. The normalized spacial score (nSPS) is 18.8. The third-order valence-corrected chi connectivity index (χ3v) is 5.52. The molecule has 6 heteroatoms. The number of hydrogen-bond donors (Lipinski definition) is 2. The molecule has 0 aliphatic carbocycles. The van der Waals surface area contributed by atoms with E-state index in [9.17, 15) is 8.76 Å². The van der Waals surface area contributed by atoms with Gasteiger partial charge in [-0.25, -0.2) is 4.21 Å². The average Bonchev–Trinajstić information content (AvgIpc) is 3.14. The summed E-state index contributed by atoms with van der Waals surface area (Å²) in [6, 6.07) is 6.10. The van der Waals surface area contributed by atoms with Crippen LogP contribution in [-0.4, -0.2) is 57.3 Å². The fourth-order valence-electron chi connectivity index (χ4n) is 3.33. The molecule has 2 unspecified atom stereocenters. The van der Waals surface area contributed by atoms with Gasteiger partial charge in [-0.15, -0.1) is 0 Å². The summed E-state index contributed by atoms with van der Waals surface area (Å²) in [5.74, 6) is 0. The van der Waals surface area contributed by atoms with Crippen LogP contribution in [0, 0.1) is 0 Å². The quantitative estimate of drug-likeness (QED) is 0.797. The van der Waals surface area contributed by atoms with Gasteiger partial charge in [0.25, 0.3) is 0 Å².